The second-order valence-corrected chi connectivity index (χ2v) is 15.5. The highest BCUT2D eigenvalue weighted by molar-refractivity contribution is 8.01. The largest absolute Gasteiger partial charge is 0.207 e. The minimum Gasteiger partial charge on any atom is -0.207 e. The van der Waals surface area contributed by atoms with Gasteiger partial charge < -0.3 is 0 Å². The van der Waals surface area contributed by atoms with Crippen LogP contribution in [-0.4, -0.2) is 12.4 Å². The Hall–Kier alpha value is -5.87. The van der Waals surface area contributed by atoms with Gasteiger partial charge in [0.15, 0.2) is 74.7 Å². The zero-order valence-corrected chi connectivity index (χ0v) is 30.3. The molecule has 0 spiro atoms. The molecule has 61 heavy (non-hydrogen) atoms. The summed E-state index contributed by atoms with van der Waals surface area (Å²) in [6.07, 6.45) is -5.39. The van der Waals surface area contributed by atoms with Crippen LogP contribution in [0.15, 0.2) is 65.6 Å². The van der Waals surface area contributed by atoms with Gasteiger partial charge in [-0.25, -0.2) is 87.8 Å². The third-order valence-electron chi connectivity index (χ3n) is 9.23. The standard InChI is InChI=1S/C24BF20.C14H15OS/c26-5-1(6(27)14(35)21(42)13(5)34)25(2-7(28)15(36)22(43)16(37)8(2)29,3-9(30)17(38)23(44)18(39)10(3)31)4-11(32)19(40)24(45)20(41)12(4)33;1-16(15,14-10-6-3-7-11-14)12-13-8-4-2-5-9-13/h;2-11H,12H2,1H3/q-1;+1. The Morgan fingerprint density at radius 3 is 0.754 bits per heavy atom. The molecule has 0 bridgehead atoms. The average Bonchev–Trinajstić information content (AvgIpc) is 3.24. The van der Waals surface area contributed by atoms with E-state index in [4.69, 9.17) is 0 Å². The van der Waals surface area contributed by atoms with Crippen molar-refractivity contribution in [3.8, 4) is 0 Å². The van der Waals surface area contributed by atoms with E-state index in [1.807, 2.05) is 66.9 Å². The van der Waals surface area contributed by atoms with Crippen molar-refractivity contribution in [1.29, 1.82) is 0 Å². The zero-order chi connectivity index (χ0) is 45.8. The van der Waals surface area contributed by atoms with Gasteiger partial charge in [-0.15, -0.1) is 21.9 Å². The van der Waals surface area contributed by atoms with Crippen molar-refractivity contribution in [2.24, 2.45) is 0 Å². The summed E-state index contributed by atoms with van der Waals surface area (Å²) in [7, 11) is -1.96. The smallest absolute Gasteiger partial charge is 0.200 e. The lowest BCUT2D eigenvalue weighted by atomic mass is 9.12. The lowest BCUT2D eigenvalue weighted by Crippen LogP contribution is -2.81. The summed E-state index contributed by atoms with van der Waals surface area (Å²) in [6.45, 7) is 0. The van der Waals surface area contributed by atoms with Gasteiger partial charge >= 0.3 is 0 Å². The van der Waals surface area contributed by atoms with Crippen LogP contribution in [0.1, 0.15) is 5.56 Å². The Kier molecular flexibility index (Phi) is 12.8. The molecule has 6 aromatic rings. The highest BCUT2D eigenvalue weighted by atomic mass is 32.2. The first-order valence-electron chi connectivity index (χ1n) is 16.2. The van der Waals surface area contributed by atoms with E-state index in [1.54, 1.807) is 0 Å². The van der Waals surface area contributed by atoms with Gasteiger partial charge in [-0.2, -0.15) is 0 Å². The summed E-state index contributed by atoms with van der Waals surface area (Å²) in [5.74, 6) is -70.8. The van der Waals surface area contributed by atoms with Crippen LogP contribution < -0.4 is 21.9 Å². The molecule has 0 N–H and O–H groups in total. The average molecular weight is 910 g/mol. The van der Waals surface area contributed by atoms with Crippen molar-refractivity contribution in [1.82, 2.24) is 0 Å². The molecule has 322 valence electrons. The molecule has 0 saturated heterocycles. The van der Waals surface area contributed by atoms with Crippen LogP contribution in [0, 0.1) is 116 Å². The van der Waals surface area contributed by atoms with Crippen LogP contribution in [-0.2, 0) is 19.9 Å². The molecule has 1 nitrogen and oxygen atoms in total. The van der Waals surface area contributed by atoms with E-state index in [1.165, 1.54) is 0 Å². The van der Waals surface area contributed by atoms with Crippen molar-refractivity contribution in [3.63, 3.8) is 0 Å². The summed E-state index contributed by atoms with van der Waals surface area (Å²) in [6, 6.07) is 19.7. The normalized spacial score (nSPS) is 12.6. The van der Waals surface area contributed by atoms with Gasteiger partial charge in [-0.1, -0.05) is 52.7 Å². The van der Waals surface area contributed by atoms with Gasteiger partial charge in [-0.05, 0) is 12.1 Å². The van der Waals surface area contributed by atoms with Crippen LogP contribution in [0.5, 0.6) is 0 Å². The fourth-order valence-corrected chi connectivity index (χ4v) is 8.29. The molecule has 0 heterocycles. The first-order chi connectivity index (χ1) is 28.4. The highest BCUT2D eigenvalue weighted by Gasteiger charge is 2.52. The molecule has 0 aliphatic carbocycles. The van der Waals surface area contributed by atoms with E-state index in [0.717, 1.165) is 10.5 Å². The van der Waals surface area contributed by atoms with Crippen LogP contribution >= 0.6 is 0 Å². The lowest BCUT2D eigenvalue weighted by Gasteiger charge is -2.44. The van der Waals surface area contributed by atoms with E-state index >= 15 is 35.1 Å². The molecule has 0 saturated carbocycles. The second-order valence-electron chi connectivity index (χ2n) is 12.7. The van der Waals surface area contributed by atoms with Crippen LogP contribution in [0.2, 0.25) is 0 Å². The van der Waals surface area contributed by atoms with Crippen LogP contribution in [0.4, 0.5) is 87.8 Å². The molecule has 0 amide bonds. The second kappa shape index (κ2) is 16.9. The molecular weight excluding hydrogens is 895 g/mol. The topological polar surface area (TPSA) is 17.1 Å². The Balaban J connectivity index is 0.000000366. The number of benzene rings is 6. The summed E-state index contributed by atoms with van der Waals surface area (Å²) < 4.78 is 307. The minimum atomic E-state index is -7.22. The molecule has 1 unspecified atom stereocenters. The molecular formula is C38H15BF20OS. The summed E-state index contributed by atoms with van der Waals surface area (Å²) >= 11 is 0. The van der Waals surface area contributed by atoms with Gasteiger partial charge in [0.2, 0.25) is 0 Å². The molecule has 1 atom stereocenters. The predicted molar refractivity (Wildman–Crippen MR) is 178 cm³/mol. The molecule has 0 radical (unpaired) electrons. The van der Waals surface area contributed by atoms with Crippen molar-refractivity contribution >= 4 is 37.9 Å². The quantitative estimate of drug-likeness (QED) is 0.0514. The van der Waals surface area contributed by atoms with E-state index in [9.17, 15) is 56.9 Å². The molecule has 6 aromatic carbocycles. The molecule has 0 aromatic heterocycles. The molecule has 6 rings (SSSR count). The van der Waals surface area contributed by atoms with E-state index in [-0.39, 0.29) is 0 Å². The number of hydrogen-bond donors (Lipinski definition) is 0. The van der Waals surface area contributed by atoms with Gasteiger partial charge in [0, 0.05) is 5.56 Å². The van der Waals surface area contributed by atoms with Gasteiger partial charge in [-0.3, -0.25) is 0 Å². The number of halogens is 20. The SMILES string of the molecule is C[S+](=O)(Cc1ccccc1)c1ccccc1.Fc1c(F)c(F)c([B-](c2c(F)c(F)c(F)c(F)c2F)(c2c(F)c(F)c(F)c(F)c2F)c2c(F)c(F)c(F)c(F)c2F)c(F)c1F. The summed E-state index contributed by atoms with van der Waals surface area (Å²) in [5, 5.41) is 0. The van der Waals surface area contributed by atoms with Crippen LogP contribution in [0.25, 0.3) is 0 Å². The van der Waals surface area contributed by atoms with Gasteiger partial charge in [0.25, 0.3) is 0 Å². The van der Waals surface area contributed by atoms with E-state index in [2.05, 4.69) is 0 Å². The van der Waals surface area contributed by atoms with Gasteiger partial charge in [0.05, 0.1) is 0 Å². The van der Waals surface area contributed by atoms with Crippen molar-refractivity contribution < 1.29 is 92.0 Å². The summed E-state index contributed by atoms with van der Waals surface area (Å²) in [5.41, 5.74) is -13.2. The first kappa shape index (κ1) is 46.2. The number of rotatable bonds is 7. The maximum atomic E-state index is 15.4. The molecule has 0 aliphatic heterocycles. The summed E-state index contributed by atoms with van der Waals surface area (Å²) in [4.78, 5) is 0.929. The van der Waals surface area contributed by atoms with E-state index < -0.39 is 154 Å². The highest BCUT2D eigenvalue weighted by Crippen LogP contribution is 2.31. The fourth-order valence-electron chi connectivity index (χ4n) is 6.56. The molecule has 0 aliphatic rings. The van der Waals surface area contributed by atoms with Crippen molar-refractivity contribution in [3.05, 3.63) is 183 Å². The Morgan fingerprint density at radius 2 is 0.525 bits per heavy atom. The number of hydrogen-bond acceptors (Lipinski definition) is 1. The van der Waals surface area contributed by atoms with Crippen LogP contribution in [0.3, 0.4) is 0 Å². The third kappa shape index (κ3) is 7.39. The Morgan fingerprint density at radius 1 is 0.328 bits per heavy atom. The predicted octanol–water partition coefficient (Wildman–Crippen LogP) is 9.22. The Bertz CT molecular complexity index is 2390. The first-order valence-corrected chi connectivity index (χ1v) is 18.3. The zero-order valence-electron chi connectivity index (χ0n) is 29.4. The maximum Gasteiger partial charge on any atom is 0.200 e. The fraction of sp³-hybridized carbons (Fsp3) is 0.0526. The molecule has 0 fully saturated rings. The van der Waals surface area contributed by atoms with Gasteiger partial charge in [0.1, 0.15) is 74.6 Å². The Labute approximate surface area is 329 Å². The minimum absolute atomic E-state index is 0.609. The third-order valence-corrected chi connectivity index (χ3v) is 11.4. The monoisotopic (exact) mass is 910 g/mol. The molecule has 23 heteroatoms. The van der Waals surface area contributed by atoms with Crippen molar-refractivity contribution in [2.45, 2.75) is 10.6 Å². The van der Waals surface area contributed by atoms with Crippen molar-refractivity contribution in [2.75, 3.05) is 6.26 Å². The lowest BCUT2D eigenvalue weighted by molar-refractivity contribution is 0.378. The van der Waals surface area contributed by atoms with E-state index in [0.29, 0.717) is 5.75 Å². The maximum absolute atomic E-state index is 15.4.